The molecule has 2 unspecified atom stereocenters. The van der Waals surface area contributed by atoms with E-state index in [1.54, 1.807) is 20.8 Å². The molecule has 0 radical (unpaired) electrons. The predicted octanol–water partition coefficient (Wildman–Crippen LogP) is 1.53. The van der Waals surface area contributed by atoms with Gasteiger partial charge in [-0.05, 0) is 32.6 Å². The first-order chi connectivity index (χ1) is 12.6. The van der Waals surface area contributed by atoms with Crippen molar-refractivity contribution in [3.05, 3.63) is 33.1 Å². The Morgan fingerprint density at radius 1 is 1.25 bits per heavy atom. The molecule has 1 aliphatic rings. The maximum Gasteiger partial charge on any atom is 0.473 e. The molecule has 1 saturated heterocycles. The lowest BCUT2D eigenvalue weighted by atomic mass is 9.87. The number of H-pyrrole nitrogens is 1. The minimum atomic E-state index is -4.53. The highest BCUT2D eigenvalue weighted by Crippen LogP contribution is 2.51. The average Bonchev–Trinajstić information content (AvgIpc) is 2.71. The average molecular weight is 420 g/mol. The van der Waals surface area contributed by atoms with Gasteiger partial charge in [-0.1, -0.05) is 20.8 Å². The topological polar surface area (TPSA) is 140 Å². The number of nitrogens with one attached hydrogen (secondary N) is 1. The van der Waals surface area contributed by atoms with Gasteiger partial charge in [0.25, 0.3) is 5.56 Å². The molecule has 0 saturated carbocycles. The molecule has 10 nitrogen and oxygen atoms in total. The molecule has 0 aromatic carbocycles. The van der Waals surface area contributed by atoms with Gasteiger partial charge in [0, 0.05) is 12.3 Å². The van der Waals surface area contributed by atoms with Gasteiger partial charge in [0.1, 0.15) is 12.2 Å². The Hall–Kier alpha value is -1.29. The van der Waals surface area contributed by atoms with E-state index in [1.165, 1.54) is 6.20 Å². The lowest BCUT2D eigenvalue weighted by molar-refractivity contribution is -0.0504. The van der Waals surface area contributed by atoms with Crippen LogP contribution in [0.25, 0.3) is 0 Å². The number of phosphoric ester groups is 1. The van der Waals surface area contributed by atoms with Gasteiger partial charge in [0.05, 0.1) is 11.7 Å². The zero-order chi connectivity index (χ0) is 21.5. The van der Waals surface area contributed by atoms with Crippen LogP contribution in [0.5, 0.6) is 0 Å². The van der Waals surface area contributed by atoms with Crippen molar-refractivity contribution in [3.63, 3.8) is 0 Å². The SMILES string of the molecule is CC(C)(C)C[C@H]1O[C@@H](n2ccc(=O)[nH]c2=O)C(O)[C@H]1OP(=O)(O)OC(C)(C)C. The number of rotatable bonds is 5. The Kier molecular flexibility index (Phi) is 6.45. The normalized spacial score (nSPS) is 28.3. The van der Waals surface area contributed by atoms with Gasteiger partial charge in [-0.15, -0.1) is 0 Å². The molecular formula is C17H29N2O8P. The van der Waals surface area contributed by atoms with Crippen LogP contribution in [0.3, 0.4) is 0 Å². The molecule has 160 valence electrons. The molecule has 0 aliphatic carbocycles. The first-order valence-electron chi connectivity index (χ1n) is 8.95. The van der Waals surface area contributed by atoms with Crippen molar-refractivity contribution in [2.75, 3.05) is 0 Å². The van der Waals surface area contributed by atoms with Gasteiger partial charge in [-0.25, -0.2) is 9.36 Å². The molecule has 5 atom stereocenters. The minimum Gasteiger partial charge on any atom is -0.386 e. The van der Waals surface area contributed by atoms with E-state index < -0.39 is 49.2 Å². The fourth-order valence-electron chi connectivity index (χ4n) is 3.00. The van der Waals surface area contributed by atoms with Crippen LogP contribution in [0.2, 0.25) is 0 Å². The highest BCUT2D eigenvalue weighted by atomic mass is 31.2. The van der Waals surface area contributed by atoms with Crippen molar-refractivity contribution in [3.8, 4) is 0 Å². The summed E-state index contributed by atoms with van der Waals surface area (Å²) in [6, 6.07) is 1.12. The number of aromatic amines is 1. The van der Waals surface area contributed by atoms with Crippen LogP contribution >= 0.6 is 7.82 Å². The fourth-order valence-corrected chi connectivity index (χ4v) is 4.30. The molecule has 11 heteroatoms. The molecule has 1 aromatic heterocycles. The molecule has 0 bridgehead atoms. The highest BCUT2D eigenvalue weighted by molar-refractivity contribution is 7.47. The van der Waals surface area contributed by atoms with E-state index in [-0.39, 0.29) is 5.41 Å². The first-order valence-corrected chi connectivity index (χ1v) is 10.4. The number of hydrogen-bond donors (Lipinski definition) is 3. The summed E-state index contributed by atoms with van der Waals surface area (Å²) >= 11 is 0. The van der Waals surface area contributed by atoms with Crippen LogP contribution in [0.4, 0.5) is 0 Å². The van der Waals surface area contributed by atoms with Crippen molar-refractivity contribution in [1.29, 1.82) is 0 Å². The number of aromatic nitrogens is 2. The molecule has 1 fully saturated rings. The second-order valence-electron chi connectivity index (χ2n) is 9.08. The molecule has 1 aliphatic heterocycles. The molecule has 2 rings (SSSR count). The third-order valence-corrected chi connectivity index (χ3v) is 5.18. The third-order valence-electron chi connectivity index (χ3n) is 3.89. The fraction of sp³-hybridized carbons (Fsp3) is 0.765. The lowest BCUT2D eigenvalue weighted by Gasteiger charge is -2.29. The Balaban J connectivity index is 2.35. The largest absolute Gasteiger partial charge is 0.473 e. The van der Waals surface area contributed by atoms with Gasteiger partial charge in [-0.2, -0.15) is 0 Å². The molecule has 0 amide bonds. The second kappa shape index (κ2) is 7.85. The summed E-state index contributed by atoms with van der Waals surface area (Å²) in [6.07, 6.45) is -3.09. The Morgan fingerprint density at radius 3 is 2.36 bits per heavy atom. The van der Waals surface area contributed by atoms with E-state index in [2.05, 4.69) is 4.98 Å². The summed E-state index contributed by atoms with van der Waals surface area (Å²) in [5.41, 5.74) is -2.58. The van der Waals surface area contributed by atoms with Gasteiger partial charge in [0.2, 0.25) is 0 Å². The minimum absolute atomic E-state index is 0.263. The zero-order valence-electron chi connectivity index (χ0n) is 16.9. The Morgan fingerprint density at radius 2 is 1.86 bits per heavy atom. The van der Waals surface area contributed by atoms with Crippen LogP contribution in [-0.4, -0.2) is 43.5 Å². The summed E-state index contributed by atoms with van der Waals surface area (Å²) < 4.78 is 29.6. The van der Waals surface area contributed by atoms with Gasteiger partial charge in [0.15, 0.2) is 6.23 Å². The predicted molar refractivity (Wildman–Crippen MR) is 101 cm³/mol. The highest BCUT2D eigenvalue weighted by Gasteiger charge is 2.50. The van der Waals surface area contributed by atoms with E-state index in [4.69, 9.17) is 13.8 Å². The quantitative estimate of drug-likeness (QED) is 0.609. The second-order valence-corrected chi connectivity index (χ2v) is 10.4. The molecule has 3 N–H and O–H groups in total. The van der Waals surface area contributed by atoms with Crippen LogP contribution in [-0.2, 0) is 18.3 Å². The third kappa shape index (κ3) is 6.10. The summed E-state index contributed by atoms with van der Waals surface area (Å²) in [7, 11) is -4.53. The monoisotopic (exact) mass is 420 g/mol. The summed E-state index contributed by atoms with van der Waals surface area (Å²) in [6.45, 7) is 10.6. The zero-order valence-corrected chi connectivity index (χ0v) is 17.8. The molecule has 0 spiro atoms. The molecule has 28 heavy (non-hydrogen) atoms. The van der Waals surface area contributed by atoms with E-state index >= 15 is 0 Å². The van der Waals surface area contributed by atoms with E-state index in [1.807, 2.05) is 20.8 Å². The Labute approximate surface area is 163 Å². The number of hydrogen-bond acceptors (Lipinski definition) is 7. The van der Waals surface area contributed by atoms with Crippen molar-refractivity contribution in [1.82, 2.24) is 9.55 Å². The molecule has 2 heterocycles. The maximum absolute atomic E-state index is 12.4. The van der Waals surface area contributed by atoms with Crippen LogP contribution < -0.4 is 11.2 Å². The number of aliphatic hydroxyl groups excluding tert-OH is 1. The first kappa shape index (κ1) is 23.0. The molecule has 1 aromatic rings. The van der Waals surface area contributed by atoms with E-state index in [0.717, 1.165) is 10.6 Å². The van der Waals surface area contributed by atoms with Crippen molar-refractivity contribution < 1.29 is 28.3 Å². The van der Waals surface area contributed by atoms with E-state index in [0.29, 0.717) is 6.42 Å². The van der Waals surface area contributed by atoms with Gasteiger partial charge >= 0.3 is 13.5 Å². The van der Waals surface area contributed by atoms with Gasteiger partial charge in [-0.3, -0.25) is 23.4 Å². The van der Waals surface area contributed by atoms with Crippen LogP contribution in [0, 0.1) is 5.41 Å². The number of aliphatic hydroxyl groups is 1. The maximum atomic E-state index is 12.4. The summed E-state index contributed by atoms with van der Waals surface area (Å²) in [5, 5.41) is 10.7. The van der Waals surface area contributed by atoms with Crippen LogP contribution in [0.1, 0.15) is 54.2 Å². The van der Waals surface area contributed by atoms with Crippen molar-refractivity contribution in [2.24, 2.45) is 5.41 Å². The van der Waals surface area contributed by atoms with E-state index in [9.17, 15) is 24.2 Å². The smallest absolute Gasteiger partial charge is 0.386 e. The summed E-state index contributed by atoms with van der Waals surface area (Å²) in [5.74, 6) is 0. The summed E-state index contributed by atoms with van der Waals surface area (Å²) in [4.78, 5) is 35.6. The van der Waals surface area contributed by atoms with Gasteiger partial charge < -0.3 is 14.7 Å². The number of phosphoric acid groups is 1. The van der Waals surface area contributed by atoms with Crippen molar-refractivity contribution in [2.45, 2.75) is 78.1 Å². The van der Waals surface area contributed by atoms with Crippen molar-refractivity contribution >= 4 is 7.82 Å². The number of ether oxygens (including phenoxy) is 1. The Bertz CT molecular complexity index is 850. The lowest BCUT2D eigenvalue weighted by Crippen LogP contribution is -2.39. The number of nitrogens with zero attached hydrogens (tertiary/aromatic N) is 1. The van der Waals surface area contributed by atoms with Crippen LogP contribution in [0.15, 0.2) is 21.9 Å². The standard InChI is InChI=1S/C17H29N2O8P/c1-16(2,3)9-10-13(26-28(23,24)27-17(4,5)6)12(21)14(25-10)19-8-7-11(20)18-15(19)22/h7-8,10,12-14,21H,9H2,1-6H3,(H,23,24)(H,18,20,22)/t10-,12?,13+,14-/m1/s1. The molecular weight excluding hydrogens is 391 g/mol.